The molecule has 1 aliphatic heterocycles. The number of aliphatic carboxylic acids is 1. The fraction of sp³-hybridized carbons (Fsp3) is 0.750. The molecule has 1 fully saturated rings. The Morgan fingerprint density at radius 3 is 2.50 bits per heavy atom. The van der Waals surface area contributed by atoms with Gasteiger partial charge in [-0.25, -0.2) is 0 Å². The van der Waals surface area contributed by atoms with Gasteiger partial charge < -0.3 is 10.4 Å². The smallest absolute Gasteiger partial charge is 0.309 e. The van der Waals surface area contributed by atoms with Crippen molar-refractivity contribution in [1.29, 1.82) is 5.26 Å². The molecule has 0 unspecified atom stereocenters. The van der Waals surface area contributed by atoms with Crippen LogP contribution in [0, 0.1) is 16.7 Å². The van der Waals surface area contributed by atoms with E-state index >= 15 is 0 Å². The lowest BCUT2D eigenvalue weighted by atomic mass is 9.76. The summed E-state index contributed by atoms with van der Waals surface area (Å²) in [6.07, 6.45) is 1.77. The van der Waals surface area contributed by atoms with Crippen LogP contribution in [0.25, 0.3) is 0 Å². The van der Waals surface area contributed by atoms with Gasteiger partial charge in [-0.15, -0.1) is 0 Å². The summed E-state index contributed by atoms with van der Waals surface area (Å²) in [5.41, 5.74) is -0.625. The van der Waals surface area contributed by atoms with Crippen LogP contribution in [0.4, 0.5) is 0 Å². The molecule has 6 nitrogen and oxygen atoms in total. The average Bonchev–Trinajstić information content (AvgIpc) is 2.37. The van der Waals surface area contributed by atoms with Crippen LogP contribution in [-0.2, 0) is 9.59 Å². The largest absolute Gasteiger partial charge is 0.481 e. The SMILES string of the molecule is CCC1(C(=O)O)CCN(CC(=O)NCC#N)CC1. The van der Waals surface area contributed by atoms with Gasteiger partial charge in [0.2, 0.25) is 5.91 Å². The third kappa shape index (κ3) is 3.44. The Balaban J connectivity index is 2.42. The molecule has 1 amide bonds. The van der Waals surface area contributed by atoms with Gasteiger partial charge in [-0.3, -0.25) is 14.5 Å². The molecule has 1 saturated heterocycles. The van der Waals surface area contributed by atoms with E-state index in [2.05, 4.69) is 5.32 Å². The van der Waals surface area contributed by atoms with Crippen LogP contribution in [0.5, 0.6) is 0 Å². The molecule has 0 atom stereocenters. The summed E-state index contributed by atoms with van der Waals surface area (Å²) in [6, 6.07) is 1.84. The zero-order chi connectivity index (χ0) is 13.6. The number of hydrogen-bond acceptors (Lipinski definition) is 4. The van der Waals surface area contributed by atoms with Gasteiger partial charge in [-0.05, 0) is 32.4 Å². The molecule has 0 spiro atoms. The second kappa shape index (κ2) is 6.36. The molecule has 0 saturated carbocycles. The van der Waals surface area contributed by atoms with Gasteiger partial charge in [0.15, 0.2) is 0 Å². The lowest BCUT2D eigenvalue weighted by molar-refractivity contribution is -0.152. The number of nitriles is 1. The molecule has 0 aromatic heterocycles. The van der Waals surface area contributed by atoms with Crippen molar-refractivity contribution in [3.8, 4) is 6.07 Å². The normalized spacial score (nSPS) is 18.9. The number of piperidine rings is 1. The van der Waals surface area contributed by atoms with Gasteiger partial charge in [0.1, 0.15) is 6.54 Å². The summed E-state index contributed by atoms with van der Waals surface area (Å²) < 4.78 is 0. The molecule has 0 aromatic rings. The molecule has 0 aliphatic carbocycles. The number of rotatable bonds is 5. The highest BCUT2D eigenvalue weighted by molar-refractivity contribution is 5.78. The van der Waals surface area contributed by atoms with Crippen LogP contribution in [-0.4, -0.2) is 48.1 Å². The second-order valence-corrected chi connectivity index (χ2v) is 4.65. The monoisotopic (exact) mass is 253 g/mol. The van der Waals surface area contributed by atoms with Crippen molar-refractivity contribution >= 4 is 11.9 Å². The lowest BCUT2D eigenvalue weighted by Crippen LogP contribution is -2.47. The molecule has 0 bridgehead atoms. The molecule has 18 heavy (non-hydrogen) atoms. The molecule has 1 rings (SSSR count). The summed E-state index contributed by atoms with van der Waals surface area (Å²) in [4.78, 5) is 24.6. The van der Waals surface area contributed by atoms with Crippen LogP contribution in [0.3, 0.4) is 0 Å². The van der Waals surface area contributed by atoms with Crippen molar-refractivity contribution in [3.63, 3.8) is 0 Å². The van der Waals surface area contributed by atoms with Crippen LogP contribution < -0.4 is 5.32 Å². The predicted molar refractivity (Wildman–Crippen MR) is 64.7 cm³/mol. The molecule has 0 aromatic carbocycles. The van der Waals surface area contributed by atoms with Gasteiger partial charge in [0, 0.05) is 0 Å². The van der Waals surface area contributed by atoms with Crippen molar-refractivity contribution < 1.29 is 14.7 Å². The number of carbonyl (C=O) groups is 2. The minimum absolute atomic E-state index is 0.0146. The number of nitrogens with one attached hydrogen (secondary N) is 1. The van der Waals surface area contributed by atoms with E-state index in [1.807, 2.05) is 17.9 Å². The van der Waals surface area contributed by atoms with E-state index in [0.717, 1.165) is 0 Å². The maximum Gasteiger partial charge on any atom is 0.309 e. The average molecular weight is 253 g/mol. The predicted octanol–water partition coefficient (Wildman–Crippen LogP) is 0.203. The van der Waals surface area contributed by atoms with E-state index in [4.69, 9.17) is 5.26 Å². The molecular weight excluding hydrogens is 234 g/mol. The fourth-order valence-corrected chi connectivity index (χ4v) is 2.25. The first-order valence-corrected chi connectivity index (χ1v) is 6.13. The summed E-state index contributed by atoms with van der Waals surface area (Å²) >= 11 is 0. The summed E-state index contributed by atoms with van der Waals surface area (Å²) in [6.45, 7) is 3.37. The van der Waals surface area contributed by atoms with Crippen molar-refractivity contribution in [1.82, 2.24) is 10.2 Å². The van der Waals surface area contributed by atoms with Gasteiger partial charge in [-0.2, -0.15) is 5.26 Å². The number of hydrogen-bond donors (Lipinski definition) is 2. The van der Waals surface area contributed by atoms with E-state index in [9.17, 15) is 14.7 Å². The minimum atomic E-state index is -0.737. The first-order valence-electron chi connectivity index (χ1n) is 6.13. The Morgan fingerprint density at radius 1 is 1.44 bits per heavy atom. The zero-order valence-electron chi connectivity index (χ0n) is 10.6. The quantitative estimate of drug-likeness (QED) is 0.683. The number of likely N-dealkylation sites (tertiary alicyclic amines) is 1. The van der Waals surface area contributed by atoms with Crippen LogP contribution in [0.2, 0.25) is 0 Å². The molecular formula is C12H19N3O3. The van der Waals surface area contributed by atoms with Crippen LogP contribution >= 0.6 is 0 Å². The summed E-state index contributed by atoms with van der Waals surface area (Å²) in [7, 11) is 0. The van der Waals surface area contributed by atoms with Crippen molar-refractivity contribution in [2.24, 2.45) is 5.41 Å². The first-order chi connectivity index (χ1) is 8.54. The number of amides is 1. The molecule has 2 N–H and O–H groups in total. The Morgan fingerprint density at radius 2 is 2.06 bits per heavy atom. The van der Waals surface area contributed by atoms with Gasteiger partial charge in [0.25, 0.3) is 0 Å². The van der Waals surface area contributed by atoms with Gasteiger partial charge >= 0.3 is 5.97 Å². The van der Waals surface area contributed by atoms with Crippen LogP contribution in [0.15, 0.2) is 0 Å². The van der Waals surface area contributed by atoms with E-state index in [1.54, 1.807) is 0 Å². The third-order valence-corrected chi connectivity index (χ3v) is 3.68. The highest BCUT2D eigenvalue weighted by atomic mass is 16.4. The third-order valence-electron chi connectivity index (χ3n) is 3.68. The Bertz CT molecular complexity index is 354. The van der Waals surface area contributed by atoms with Crippen molar-refractivity contribution in [2.75, 3.05) is 26.2 Å². The molecule has 1 aliphatic rings. The fourth-order valence-electron chi connectivity index (χ4n) is 2.25. The maximum absolute atomic E-state index is 11.4. The molecule has 0 radical (unpaired) electrons. The number of carboxylic acids is 1. The topological polar surface area (TPSA) is 93.4 Å². The maximum atomic E-state index is 11.4. The Labute approximate surface area is 107 Å². The van der Waals surface area contributed by atoms with Crippen LogP contribution in [0.1, 0.15) is 26.2 Å². The second-order valence-electron chi connectivity index (χ2n) is 4.65. The zero-order valence-corrected chi connectivity index (χ0v) is 10.6. The summed E-state index contributed by atoms with van der Waals surface area (Å²) in [5, 5.41) is 20.1. The summed E-state index contributed by atoms with van der Waals surface area (Å²) in [5.74, 6) is -0.922. The molecule has 100 valence electrons. The van der Waals surface area contributed by atoms with E-state index in [0.29, 0.717) is 32.4 Å². The Hall–Kier alpha value is -1.61. The minimum Gasteiger partial charge on any atom is -0.481 e. The van der Waals surface area contributed by atoms with E-state index < -0.39 is 11.4 Å². The number of carbonyl (C=O) groups excluding carboxylic acids is 1. The highest BCUT2D eigenvalue weighted by Gasteiger charge is 2.39. The van der Waals surface area contributed by atoms with Crippen molar-refractivity contribution in [2.45, 2.75) is 26.2 Å². The Kier molecular flexibility index (Phi) is 5.10. The van der Waals surface area contributed by atoms with Crippen molar-refractivity contribution in [3.05, 3.63) is 0 Å². The lowest BCUT2D eigenvalue weighted by Gasteiger charge is -2.37. The molecule has 6 heteroatoms. The highest BCUT2D eigenvalue weighted by Crippen LogP contribution is 2.34. The standard InChI is InChI=1S/C12H19N3O3/c1-2-12(11(17)18)3-7-15(8-4-12)9-10(16)14-6-5-13/h2-4,6-9H2,1H3,(H,14,16)(H,17,18). The van der Waals surface area contributed by atoms with E-state index in [-0.39, 0.29) is 19.0 Å². The molecule has 1 heterocycles. The number of nitrogens with zero attached hydrogens (tertiary/aromatic N) is 2. The van der Waals surface area contributed by atoms with Gasteiger partial charge in [-0.1, -0.05) is 6.92 Å². The first kappa shape index (κ1) is 14.5. The van der Waals surface area contributed by atoms with Gasteiger partial charge in [0.05, 0.1) is 18.0 Å². The number of carboxylic acid groups (broad SMARTS) is 1. The van der Waals surface area contributed by atoms with E-state index in [1.165, 1.54) is 0 Å².